The maximum absolute atomic E-state index is 12.0. The summed E-state index contributed by atoms with van der Waals surface area (Å²) in [6.45, 7) is 1.72. The Morgan fingerprint density at radius 3 is 2.38 bits per heavy atom. The number of rotatable bonds is 7. The average molecular weight is 378 g/mol. The summed E-state index contributed by atoms with van der Waals surface area (Å²) in [5.74, 6) is -0.438. The Hall–Kier alpha value is -2.82. The van der Waals surface area contributed by atoms with E-state index in [1.165, 1.54) is 30.3 Å². The van der Waals surface area contributed by atoms with Crippen LogP contribution in [0.5, 0.6) is 0 Å². The zero-order valence-electron chi connectivity index (χ0n) is 13.9. The van der Waals surface area contributed by atoms with Gasteiger partial charge in [-0.15, -0.1) is 0 Å². The van der Waals surface area contributed by atoms with Crippen LogP contribution >= 0.6 is 0 Å². The van der Waals surface area contributed by atoms with Crippen LogP contribution in [0.3, 0.4) is 0 Å². The smallest absolute Gasteiger partial charge is 0.292 e. The van der Waals surface area contributed by atoms with Gasteiger partial charge in [-0.2, -0.15) is 0 Å². The zero-order valence-corrected chi connectivity index (χ0v) is 14.7. The fourth-order valence-electron chi connectivity index (χ4n) is 2.24. The highest BCUT2D eigenvalue weighted by Crippen LogP contribution is 2.23. The fourth-order valence-corrected chi connectivity index (χ4v) is 2.76. The lowest BCUT2D eigenvalue weighted by Gasteiger charge is -2.14. The maximum atomic E-state index is 12.0. The second-order valence-electron chi connectivity index (χ2n) is 5.54. The van der Waals surface area contributed by atoms with E-state index >= 15 is 0 Å². The van der Waals surface area contributed by atoms with Gasteiger partial charge in [0.05, 0.1) is 16.4 Å². The summed E-state index contributed by atoms with van der Waals surface area (Å²) in [7, 11) is -3.76. The summed E-state index contributed by atoms with van der Waals surface area (Å²) in [5, 5.41) is 21.4. The third-order valence-corrected chi connectivity index (χ3v) is 4.58. The third-order valence-electron chi connectivity index (χ3n) is 3.65. The first-order valence-corrected chi connectivity index (χ1v) is 9.12. The minimum atomic E-state index is -3.76. The monoisotopic (exact) mass is 378 g/mol. The Kier molecular flexibility index (Phi) is 6.03. The lowest BCUT2D eigenvalue weighted by molar-refractivity contribution is -0.383. The molecular weight excluding hydrogens is 360 g/mol. The molecular formula is C16H18N4O5S. The Bertz CT molecular complexity index is 912. The first-order chi connectivity index (χ1) is 12.2. The van der Waals surface area contributed by atoms with Crippen LogP contribution in [0.15, 0.2) is 53.4 Å². The second kappa shape index (κ2) is 8.04. The van der Waals surface area contributed by atoms with Gasteiger partial charge in [0.25, 0.3) is 5.69 Å². The lowest BCUT2D eigenvalue weighted by Crippen LogP contribution is -2.30. The van der Waals surface area contributed by atoms with E-state index in [4.69, 9.17) is 5.14 Å². The molecule has 0 aliphatic carbocycles. The number of para-hydroxylation sites is 2. The molecule has 1 amide bonds. The summed E-state index contributed by atoms with van der Waals surface area (Å²) in [6, 6.07) is 11.6. The molecule has 0 unspecified atom stereocenters. The van der Waals surface area contributed by atoms with E-state index in [1.54, 1.807) is 25.1 Å². The van der Waals surface area contributed by atoms with E-state index in [-0.39, 0.29) is 28.9 Å². The minimum Gasteiger partial charge on any atom is -0.319 e. The van der Waals surface area contributed by atoms with Crippen molar-refractivity contribution in [2.45, 2.75) is 17.9 Å². The number of benzene rings is 2. The molecule has 2 rings (SSSR count). The third kappa shape index (κ3) is 5.09. The van der Waals surface area contributed by atoms with Gasteiger partial charge >= 0.3 is 0 Å². The number of sulfonamides is 1. The number of amides is 1. The van der Waals surface area contributed by atoms with Crippen molar-refractivity contribution >= 4 is 27.3 Å². The van der Waals surface area contributed by atoms with E-state index < -0.39 is 20.9 Å². The van der Waals surface area contributed by atoms with Crippen LogP contribution in [0.4, 0.5) is 11.4 Å². The first kappa shape index (κ1) is 19.5. The number of nitrogens with two attached hydrogens (primary N) is 1. The molecule has 0 fully saturated rings. The first-order valence-electron chi connectivity index (χ1n) is 7.58. The minimum absolute atomic E-state index is 0.00239. The molecule has 0 radical (unpaired) electrons. The van der Waals surface area contributed by atoms with Gasteiger partial charge in [0.2, 0.25) is 15.9 Å². The molecule has 0 heterocycles. The van der Waals surface area contributed by atoms with Gasteiger partial charge in [0, 0.05) is 12.1 Å². The summed E-state index contributed by atoms with van der Waals surface area (Å²) in [5.41, 5.74) is 0.692. The molecule has 1 atom stereocenters. The number of nitro benzene ring substituents is 1. The van der Waals surface area contributed by atoms with Gasteiger partial charge < -0.3 is 10.6 Å². The molecule has 0 aliphatic heterocycles. The maximum Gasteiger partial charge on any atom is 0.292 e. The Balaban J connectivity index is 1.96. The van der Waals surface area contributed by atoms with Crippen LogP contribution in [0.25, 0.3) is 0 Å². The molecule has 138 valence electrons. The highest BCUT2D eigenvalue weighted by atomic mass is 32.2. The van der Waals surface area contributed by atoms with Gasteiger partial charge in [-0.3, -0.25) is 14.9 Å². The summed E-state index contributed by atoms with van der Waals surface area (Å²) in [6.07, 6.45) is 0. The second-order valence-corrected chi connectivity index (χ2v) is 7.10. The predicted octanol–water partition coefficient (Wildman–Crippen LogP) is 1.53. The topological polar surface area (TPSA) is 144 Å². The Morgan fingerprint density at radius 1 is 1.19 bits per heavy atom. The zero-order chi connectivity index (χ0) is 19.3. The van der Waals surface area contributed by atoms with Crippen molar-refractivity contribution in [3.63, 3.8) is 0 Å². The average Bonchev–Trinajstić information content (AvgIpc) is 2.59. The summed E-state index contributed by atoms with van der Waals surface area (Å²) in [4.78, 5) is 22.4. The number of nitrogens with one attached hydrogen (secondary N) is 2. The molecule has 0 spiro atoms. The molecule has 2 aromatic rings. The number of primary sulfonamides is 1. The van der Waals surface area contributed by atoms with Crippen molar-refractivity contribution in [2.75, 3.05) is 11.9 Å². The number of hydrogen-bond donors (Lipinski definition) is 3. The van der Waals surface area contributed by atoms with Gasteiger partial charge in [0.15, 0.2) is 0 Å². The largest absolute Gasteiger partial charge is 0.319 e. The van der Waals surface area contributed by atoms with Crippen molar-refractivity contribution in [1.82, 2.24) is 5.32 Å². The Morgan fingerprint density at radius 2 is 1.81 bits per heavy atom. The van der Waals surface area contributed by atoms with Crippen molar-refractivity contribution in [1.29, 1.82) is 0 Å². The van der Waals surface area contributed by atoms with Crippen LogP contribution in [0.2, 0.25) is 0 Å². The Labute approximate surface area is 150 Å². The van der Waals surface area contributed by atoms with E-state index in [0.29, 0.717) is 0 Å². The molecule has 9 nitrogen and oxygen atoms in total. The number of carbonyl (C=O) groups is 1. The highest BCUT2D eigenvalue weighted by Gasteiger charge is 2.15. The molecule has 2 aromatic carbocycles. The van der Waals surface area contributed by atoms with Crippen LogP contribution in [-0.4, -0.2) is 25.8 Å². The van der Waals surface area contributed by atoms with Gasteiger partial charge in [-0.25, -0.2) is 13.6 Å². The molecule has 0 saturated carbocycles. The van der Waals surface area contributed by atoms with Crippen molar-refractivity contribution in [3.8, 4) is 0 Å². The van der Waals surface area contributed by atoms with Crippen LogP contribution in [0.1, 0.15) is 18.5 Å². The lowest BCUT2D eigenvalue weighted by atomic mass is 10.1. The van der Waals surface area contributed by atoms with Crippen molar-refractivity contribution < 1.29 is 18.1 Å². The summed E-state index contributed by atoms with van der Waals surface area (Å²) >= 11 is 0. The predicted molar refractivity (Wildman–Crippen MR) is 96.0 cm³/mol. The molecule has 26 heavy (non-hydrogen) atoms. The number of anilines is 1. The quantitative estimate of drug-likeness (QED) is 0.492. The SMILES string of the molecule is C[C@H](NCC(=O)Nc1ccccc1[N+](=O)[O-])c1ccc(S(N)(=O)=O)cc1. The van der Waals surface area contributed by atoms with E-state index in [9.17, 15) is 23.3 Å². The van der Waals surface area contributed by atoms with Gasteiger partial charge in [0.1, 0.15) is 5.69 Å². The number of hydrogen-bond acceptors (Lipinski definition) is 6. The van der Waals surface area contributed by atoms with Gasteiger partial charge in [-0.05, 0) is 30.7 Å². The molecule has 0 aromatic heterocycles. The van der Waals surface area contributed by atoms with E-state index in [2.05, 4.69) is 10.6 Å². The molecule has 0 saturated heterocycles. The molecule has 10 heteroatoms. The highest BCUT2D eigenvalue weighted by molar-refractivity contribution is 7.89. The fraction of sp³-hybridized carbons (Fsp3) is 0.188. The normalized spacial score (nSPS) is 12.4. The number of carbonyl (C=O) groups excluding carboxylic acids is 1. The van der Waals surface area contributed by atoms with E-state index in [0.717, 1.165) is 5.56 Å². The molecule has 0 aliphatic rings. The molecule has 4 N–H and O–H groups in total. The van der Waals surface area contributed by atoms with Gasteiger partial charge in [-0.1, -0.05) is 24.3 Å². The van der Waals surface area contributed by atoms with Crippen molar-refractivity contribution in [2.24, 2.45) is 5.14 Å². The molecule has 0 bridgehead atoms. The van der Waals surface area contributed by atoms with E-state index in [1.807, 2.05) is 0 Å². The number of nitrogens with zero attached hydrogens (tertiary/aromatic N) is 1. The summed E-state index contributed by atoms with van der Waals surface area (Å²) < 4.78 is 22.5. The van der Waals surface area contributed by atoms with Crippen molar-refractivity contribution in [3.05, 3.63) is 64.2 Å². The van der Waals surface area contributed by atoms with Crippen LogP contribution < -0.4 is 15.8 Å². The van der Waals surface area contributed by atoms with Crippen LogP contribution in [-0.2, 0) is 14.8 Å². The standard InChI is InChI=1S/C16H18N4O5S/c1-11(12-6-8-13(9-7-12)26(17,24)25)18-10-16(21)19-14-4-2-3-5-15(14)20(22)23/h2-9,11,18H,10H2,1H3,(H,19,21)(H2,17,24,25)/t11-/m0/s1. The van der Waals surface area contributed by atoms with Crippen LogP contribution in [0, 0.1) is 10.1 Å². The number of nitro groups is 1.